The number of nitrogens with one attached hydrogen (secondary N) is 1. The van der Waals surface area contributed by atoms with Crippen molar-refractivity contribution in [3.05, 3.63) is 101 Å². The molecular formula is C24H19BrN2O4. The van der Waals surface area contributed by atoms with Gasteiger partial charge in [0.2, 0.25) is 0 Å². The van der Waals surface area contributed by atoms with Crippen molar-refractivity contribution in [3.63, 3.8) is 0 Å². The summed E-state index contributed by atoms with van der Waals surface area (Å²) in [5.74, 6) is -0.0450. The molecule has 0 heterocycles. The first-order chi connectivity index (χ1) is 15.1. The Labute approximate surface area is 188 Å². The highest BCUT2D eigenvalue weighted by molar-refractivity contribution is 9.10. The molecule has 3 aromatic rings. The van der Waals surface area contributed by atoms with Crippen LogP contribution in [0.25, 0.3) is 6.08 Å². The number of carbonyl (C=O) groups is 2. The van der Waals surface area contributed by atoms with Crippen molar-refractivity contribution in [2.45, 2.75) is 0 Å². The average Bonchev–Trinajstić information content (AvgIpc) is 2.79. The van der Waals surface area contributed by atoms with Gasteiger partial charge in [-0.05, 0) is 42.0 Å². The Morgan fingerprint density at radius 1 is 0.968 bits per heavy atom. The standard InChI is InChI=1S/C24H19BrN2O4/c25-20-12-13-22(31-24(29)14-11-18-7-3-1-4-8-18)19(15-20)16-26-27-23(28)17-30-21-9-5-2-6-10-21/h1-16H,17H2,(H,27,28). The molecule has 0 aliphatic heterocycles. The van der Waals surface area contributed by atoms with Crippen molar-refractivity contribution >= 4 is 40.1 Å². The molecule has 3 rings (SSSR count). The van der Waals surface area contributed by atoms with Crippen LogP contribution in [-0.4, -0.2) is 24.7 Å². The number of hydrazone groups is 1. The van der Waals surface area contributed by atoms with E-state index in [0.29, 0.717) is 17.1 Å². The number of ether oxygens (including phenoxy) is 2. The lowest BCUT2D eigenvalue weighted by molar-refractivity contribution is -0.129. The lowest BCUT2D eigenvalue weighted by atomic mass is 10.2. The van der Waals surface area contributed by atoms with Crippen LogP contribution in [0.4, 0.5) is 0 Å². The molecule has 0 spiro atoms. The van der Waals surface area contributed by atoms with Crippen molar-refractivity contribution in [1.82, 2.24) is 5.43 Å². The summed E-state index contributed by atoms with van der Waals surface area (Å²) < 4.78 is 11.5. The van der Waals surface area contributed by atoms with Crippen LogP contribution < -0.4 is 14.9 Å². The van der Waals surface area contributed by atoms with Gasteiger partial charge in [-0.25, -0.2) is 10.2 Å². The van der Waals surface area contributed by atoms with Gasteiger partial charge in [-0.15, -0.1) is 0 Å². The number of halogens is 1. The summed E-state index contributed by atoms with van der Waals surface area (Å²) in [6.45, 7) is -0.175. The number of benzene rings is 3. The lowest BCUT2D eigenvalue weighted by Crippen LogP contribution is -2.24. The summed E-state index contributed by atoms with van der Waals surface area (Å²) in [4.78, 5) is 24.1. The van der Waals surface area contributed by atoms with Crippen molar-refractivity contribution in [3.8, 4) is 11.5 Å². The molecule has 3 aromatic carbocycles. The van der Waals surface area contributed by atoms with Crippen molar-refractivity contribution in [2.75, 3.05) is 6.61 Å². The van der Waals surface area contributed by atoms with Crippen molar-refractivity contribution in [1.29, 1.82) is 0 Å². The van der Waals surface area contributed by atoms with Gasteiger partial charge in [-0.3, -0.25) is 4.79 Å². The SMILES string of the molecule is O=C(COc1ccccc1)NN=Cc1cc(Br)ccc1OC(=O)C=Cc1ccccc1. The molecule has 0 radical (unpaired) electrons. The van der Waals surface area contributed by atoms with Crippen molar-refractivity contribution < 1.29 is 19.1 Å². The first-order valence-corrected chi connectivity index (χ1v) is 10.1. The third kappa shape index (κ3) is 7.56. The number of rotatable bonds is 8. The molecule has 0 aromatic heterocycles. The molecule has 156 valence electrons. The maximum Gasteiger partial charge on any atom is 0.336 e. The average molecular weight is 479 g/mol. The Bertz CT molecular complexity index is 1080. The molecule has 1 amide bonds. The summed E-state index contributed by atoms with van der Waals surface area (Å²) in [6.07, 6.45) is 4.41. The normalized spacial score (nSPS) is 10.9. The zero-order valence-electron chi connectivity index (χ0n) is 16.4. The van der Waals surface area contributed by atoms with Crippen molar-refractivity contribution in [2.24, 2.45) is 5.10 Å². The van der Waals surface area contributed by atoms with E-state index < -0.39 is 11.9 Å². The first kappa shape index (κ1) is 22.0. The van der Waals surface area contributed by atoms with Gasteiger partial charge in [0, 0.05) is 16.1 Å². The molecule has 1 N–H and O–H groups in total. The Morgan fingerprint density at radius 2 is 1.68 bits per heavy atom. The molecule has 0 aliphatic carbocycles. The Morgan fingerprint density at radius 3 is 2.42 bits per heavy atom. The maximum atomic E-state index is 12.2. The number of hydrogen-bond acceptors (Lipinski definition) is 5. The second-order valence-electron chi connectivity index (χ2n) is 6.24. The Hall–Kier alpha value is -3.71. The quantitative estimate of drug-likeness (QED) is 0.169. The highest BCUT2D eigenvalue weighted by atomic mass is 79.9. The van der Waals surface area contributed by atoms with Gasteiger partial charge in [-0.2, -0.15) is 5.10 Å². The number of amides is 1. The van der Waals surface area contributed by atoms with Gasteiger partial charge in [0.05, 0.1) is 6.21 Å². The van der Waals surface area contributed by atoms with Crippen LogP contribution in [0.2, 0.25) is 0 Å². The van der Waals surface area contributed by atoms with E-state index in [-0.39, 0.29) is 6.61 Å². The van der Waals surface area contributed by atoms with E-state index in [2.05, 4.69) is 26.5 Å². The van der Waals surface area contributed by atoms with Gasteiger partial charge in [0.1, 0.15) is 11.5 Å². The molecule has 31 heavy (non-hydrogen) atoms. The van der Waals surface area contributed by atoms with Gasteiger partial charge >= 0.3 is 5.97 Å². The van der Waals surface area contributed by atoms with Crippen LogP contribution in [-0.2, 0) is 9.59 Å². The van der Waals surface area contributed by atoms with Crippen LogP contribution in [0.15, 0.2) is 94.5 Å². The van der Waals surface area contributed by atoms with E-state index in [0.717, 1.165) is 10.0 Å². The fourth-order valence-corrected chi connectivity index (χ4v) is 2.83. The molecular weight excluding hydrogens is 460 g/mol. The smallest absolute Gasteiger partial charge is 0.336 e. The first-order valence-electron chi connectivity index (χ1n) is 9.34. The van der Waals surface area contributed by atoms with Gasteiger partial charge in [0.15, 0.2) is 6.61 Å². The second-order valence-corrected chi connectivity index (χ2v) is 7.16. The molecule has 0 atom stereocenters. The number of para-hydroxylation sites is 1. The molecule has 0 saturated carbocycles. The molecule has 0 aliphatic rings. The lowest BCUT2D eigenvalue weighted by Gasteiger charge is -2.07. The zero-order chi connectivity index (χ0) is 21.9. The van der Waals surface area contributed by atoms with E-state index in [1.54, 1.807) is 36.4 Å². The fourth-order valence-electron chi connectivity index (χ4n) is 2.46. The summed E-state index contributed by atoms with van der Waals surface area (Å²) in [5.41, 5.74) is 3.78. The Balaban J connectivity index is 1.58. The minimum atomic E-state index is -0.527. The highest BCUT2D eigenvalue weighted by Gasteiger charge is 2.07. The number of nitrogens with zero attached hydrogens (tertiary/aromatic N) is 1. The third-order valence-corrected chi connectivity index (χ3v) is 4.39. The summed E-state index contributed by atoms with van der Waals surface area (Å²) in [6, 6.07) is 23.5. The van der Waals surface area contributed by atoms with E-state index in [1.165, 1.54) is 12.3 Å². The molecule has 7 heteroatoms. The second kappa shape index (κ2) is 11.5. The van der Waals surface area contributed by atoms with Crippen LogP contribution >= 0.6 is 15.9 Å². The molecule has 6 nitrogen and oxygen atoms in total. The minimum absolute atomic E-state index is 0.175. The van der Waals surface area contributed by atoms with E-state index in [1.807, 2.05) is 48.5 Å². The predicted molar refractivity (Wildman–Crippen MR) is 123 cm³/mol. The van der Waals surface area contributed by atoms with E-state index >= 15 is 0 Å². The van der Waals surface area contributed by atoms with Crippen LogP contribution in [0, 0.1) is 0 Å². The van der Waals surface area contributed by atoms with Gasteiger partial charge in [-0.1, -0.05) is 64.5 Å². The number of carbonyl (C=O) groups excluding carboxylic acids is 2. The largest absolute Gasteiger partial charge is 0.484 e. The Kier molecular flexibility index (Phi) is 8.13. The fraction of sp³-hybridized carbons (Fsp3) is 0.0417. The van der Waals surface area contributed by atoms with Crippen LogP contribution in [0.3, 0.4) is 0 Å². The van der Waals surface area contributed by atoms with Gasteiger partial charge in [0.25, 0.3) is 5.91 Å². The van der Waals surface area contributed by atoms with Crippen LogP contribution in [0.1, 0.15) is 11.1 Å². The maximum absolute atomic E-state index is 12.2. The number of esters is 1. The molecule has 0 saturated heterocycles. The topological polar surface area (TPSA) is 77.0 Å². The van der Waals surface area contributed by atoms with Crippen LogP contribution in [0.5, 0.6) is 11.5 Å². The molecule has 0 fully saturated rings. The van der Waals surface area contributed by atoms with Gasteiger partial charge < -0.3 is 9.47 Å². The molecule has 0 unspecified atom stereocenters. The highest BCUT2D eigenvalue weighted by Crippen LogP contribution is 2.22. The zero-order valence-corrected chi connectivity index (χ0v) is 18.0. The number of hydrogen-bond donors (Lipinski definition) is 1. The predicted octanol–water partition coefficient (Wildman–Crippen LogP) is 4.60. The third-order valence-electron chi connectivity index (χ3n) is 3.90. The van der Waals surface area contributed by atoms with E-state index in [9.17, 15) is 9.59 Å². The summed E-state index contributed by atoms with van der Waals surface area (Å²) in [7, 11) is 0. The van der Waals surface area contributed by atoms with E-state index in [4.69, 9.17) is 9.47 Å². The summed E-state index contributed by atoms with van der Waals surface area (Å²) in [5, 5.41) is 3.92. The molecule has 0 bridgehead atoms. The minimum Gasteiger partial charge on any atom is -0.484 e. The monoisotopic (exact) mass is 478 g/mol. The summed E-state index contributed by atoms with van der Waals surface area (Å²) >= 11 is 3.37.